The Kier molecular flexibility index (Phi) is 4.57. The quantitative estimate of drug-likeness (QED) is 0.813. The number of likely N-dealkylation sites (tertiary alicyclic amines) is 1. The van der Waals surface area contributed by atoms with Crippen LogP contribution in [-0.2, 0) is 12.8 Å². The summed E-state index contributed by atoms with van der Waals surface area (Å²) in [5.74, 6) is 0.884. The highest BCUT2D eigenvalue weighted by atomic mass is 16.3. The highest BCUT2D eigenvalue weighted by Gasteiger charge is 2.13. The largest absolute Gasteiger partial charge is 0.449 e. The maximum absolute atomic E-state index is 5.50. The van der Waals surface area contributed by atoms with Crippen molar-refractivity contribution >= 4 is 0 Å². The fourth-order valence-electron chi connectivity index (χ4n) is 2.23. The molecule has 96 valence electrons. The van der Waals surface area contributed by atoms with Gasteiger partial charge in [0.15, 0.2) is 5.89 Å². The van der Waals surface area contributed by atoms with Gasteiger partial charge in [0.05, 0.1) is 5.69 Å². The van der Waals surface area contributed by atoms with Crippen molar-refractivity contribution in [2.45, 2.75) is 38.6 Å². The zero-order valence-corrected chi connectivity index (χ0v) is 10.9. The zero-order valence-electron chi connectivity index (χ0n) is 10.9. The van der Waals surface area contributed by atoms with Gasteiger partial charge in [-0.15, -0.1) is 0 Å². The molecule has 1 atom stereocenters. The van der Waals surface area contributed by atoms with E-state index in [0.717, 1.165) is 31.0 Å². The summed E-state index contributed by atoms with van der Waals surface area (Å²) in [4.78, 5) is 7.01. The van der Waals surface area contributed by atoms with Crippen molar-refractivity contribution in [3.05, 3.63) is 17.8 Å². The number of oxazole rings is 1. The summed E-state index contributed by atoms with van der Waals surface area (Å²) in [6.07, 6.45) is 6.36. The van der Waals surface area contributed by atoms with Gasteiger partial charge in [0.25, 0.3) is 0 Å². The van der Waals surface area contributed by atoms with Crippen LogP contribution in [-0.4, -0.2) is 42.6 Å². The van der Waals surface area contributed by atoms with Gasteiger partial charge < -0.3 is 14.6 Å². The van der Waals surface area contributed by atoms with Crippen molar-refractivity contribution < 1.29 is 4.42 Å². The van der Waals surface area contributed by atoms with E-state index in [1.165, 1.54) is 25.9 Å². The summed E-state index contributed by atoms with van der Waals surface area (Å²) >= 11 is 0. The van der Waals surface area contributed by atoms with Gasteiger partial charge in [-0.25, -0.2) is 4.98 Å². The van der Waals surface area contributed by atoms with Crippen LogP contribution in [0.3, 0.4) is 0 Å². The average Bonchev–Trinajstić information content (AvgIpc) is 2.97. The molecule has 0 aromatic carbocycles. The van der Waals surface area contributed by atoms with E-state index < -0.39 is 0 Å². The van der Waals surface area contributed by atoms with Crippen LogP contribution in [0.2, 0.25) is 0 Å². The van der Waals surface area contributed by atoms with E-state index in [4.69, 9.17) is 4.42 Å². The van der Waals surface area contributed by atoms with Crippen molar-refractivity contribution in [2.24, 2.45) is 0 Å². The topological polar surface area (TPSA) is 41.3 Å². The van der Waals surface area contributed by atoms with Crippen LogP contribution in [0.5, 0.6) is 0 Å². The summed E-state index contributed by atoms with van der Waals surface area (Å²) < 4.78 is 5.50. The van der Waals surface area contributed by atoms with Crippen LogP contribution in [0, 0.1) is 0 Å². The zero-order chi connectivity index (χ0) is 12.1. The maximum Gasteiger partial charge on any atom is 0.195 e. The molecule has 1 fully saturated rings. The Labute approximate surface area is 103 Å². The number of aromatic nitrogens is 1. The predicted molar refractivity (Wildman–Crippen MR) is 68.1 cm³/mol. The van der Waals surface area contributed by atoms with Crippen LogP contribution in [0.4, 0.5) is 0 Å². The van der Waals surface area contributed by atoms with Crippen molar-refractivity contribution in [1.82, 2.24) is 15.2 Å². The number of nitrogens with zero attached hydrogens (tertiary/aromatic N) is 2. The van der Waals surface area contributed by atoms with Crippen LogP contribution in [0.15, 0.2) is 10.7 Å². The van der Waals surface area contributed by atoms with E-state index in [1.54, 1.807) is 6.26 Å². The minimum Gasteiger partial charge on any atom is -0.449 e. The molecule has 4 nitrogen and oxygen atoms in total. The Balaban J connectivity index is 1.77. The monoisotopic (exact) mass is 237 g/mol. The summed E-state index contributed by atoms with van der Waals surface area (Å²) in [6.45, 7) is 5.72. The SMILES string of the molecule is CNC(C)Cc1coc(CCN2CCCC2)n1. The van der Waals surface area contributed by atoms with E-state index in [9.17, 15) is 0 Å². The highest BCUT2D eigenvalue weighted by molar-refractivity contribution is 4.99. The summed E-state index contributed by atoms with van der Waals surface area (Å²) in [5, 5.41) is 3.21. The number of rotatable bonds is 6. The molecular weight excluding hydrogens is 214 g/mol. The Bertz CT molecular complexity index is 331. The molecule has 1 N–H and O–H groups in total. The third-order valence-electron chi connectivity index (χ3n) is 3.45. The second kappa shape index (κ2) is 6.17. The molecular formula is C13H23N3O. The van der Waals surface area contributed by atoms with Crippen LogP contribution in [0.1, 0.15) is 31.4 Å². The third kappa shape index (κ3) is 3.82. The van der Waals surface area contributed by atoms with Gasteiger partial charge in [-0.3, -0.25) is 0 Å². The Hall–Kier alpha value is -0.870. The second-order valence-corrected chi connectivity index (χ2v) is 4.93. The fourth-order valence-corrected chi connectivity index (χ4v) is 2.23. The molecule has 4 heteroatoms. The number of hydrogen-bond donors (Lipinski definition) is 1. The number of likely N-dealkylation sites (N-methyl/N-ethyl adjacent to an activating group) is 1. The van der Waals surface area contributed by atoms with Crippen LogP contribution >= 0.6 is 0 Å². The normalized spacial score (nSPS) is 18.7. The van der Waals surface area contributed by atoms with Gasteiger partial charge in [-0.2, -0.15) is 0 Å². The Morgan fingerprint density at radius 3 is 2.94 bits per heavy atom. The number of nitrogens with one attached hydrogen (secondary N) is 1. The lowest BCUT2D eigenvalue weighted by Crippen LogP contribution is -2.23. The maximum atomic E-state index is 5.50. The lowest BCUT2D eigenvalue weighted by Gasteiger charge is -2.12. The molecule has 1 aliphatic rings. The molecule has 0 saturated carbocycles. The van der Waals surface area contributed by atoms with Crippen molar-refractivity contribution in [3.8, 4) is 0 Å². The Morgan fingerprint density at radius 2 is 2.24 bits per heavy atom. The first-order valence-corrected chi connectivity index (χ1v) is 6.61. The standard InChI is InChI=1S/C13H23N3O/c1-11(14-2)9-12-10-17-13(15-12)5-8-16-6-3-4-7-16/h10-11,14H,3-9H2,1-2H3. The molecule has 1 aromatic rings. The van der Waals surface area contributed by atoms with Gasteiger partial charge in [0.1, 0.15) is 6.26 Å². The highest BCUT2D eigenvalue weighted by Crippen LogP contribution is 2.10. The Morgan fingerprint density at radius 1 is 1.47 bits per heavy atom. The van der Waals surface area contributed by atoms with Crippen LogP contribution < -0.4 is 5.32 Å². The molecule has 1 aromatic heterocycles. The number of hydrogen-bond acceptors (Lipinski definition) is 4. The molecule has 2 heterocycles. The van der Waals surface area contributed by atoms with E-state index in [1.807, 2.05) is 7.05 Å². The van der Waals surface area contributed by atoms with Crippen molar-refractivity contribution in [1.29, 1.82) is 0 Å². The van der Waals surface area contributed by atoms with Gasteiger partial charge in [-0.05, 0) is 39.9 Å². The molecule has 0 aliphatic carbocycles. The first-order valence-electron chi connectivity index (χ1n) is 6.61. The van der Waals surface area contributed by atoms with E-state index >= 15 is 0 Å². The third-order valence-corrected chi connectivity index (χ3v) is 3.45. The molecule has 0 spiro atoms. The lowest BCUT2D eigenvalue weighted by atomic mass is 10.2. The molecule has 1 saturated heterocycles. The van der Waals surface area contributed by atoms with Gasteiger partial charge >= 0.3 is 0 Å². The summed E-state index contributed by atoms with van der Waals surface area (Å²) in [7, 11) is 1.97. The molecule has 2 rings (SSSR count). The summed E-state index contributed by atoms with van der Waals surface area (Å²) in [6, 6.07) is 0.450. The van der Waals surface area contributed by atoms with E-state index in [-0.39, 0.29) is 0 Å². The fraction of sp³-hybridized carbons (Fsp3) is 0.769. The van der Waals surface area contributed by atoms with Crippen molar-refractivity contribution in [3.63, 3.8) is 0 Å². The van der Waals surface area contributed by atoms with E-state index in [2.05, 4.69) is 22.1 Å². The average molecular weight is 237 g/mol. The molecule has 1 unspecified atom stereocenters. The molecule has 0 amide bonds. The predicted octanol–water partition coefficient (Wildman–Crippen LogP) is 1.46. The molecule has 0 bridgehead atoms. The molecule has 1 aliphatic heterocycles. The van der Waals surface area contributed by atoms with Gasteiger partial charge in [0, 0.05) is 25.4 Å². The van der Waals surface area contributed by atoms with Crippen LogP contribution in [0.25, 0.3) is 0 Å². The second-order valence-electron chi connectivity index (χ2n) is 4.93. The van der Waals surface area contributed by atoms with Gasteiger partial charge in [0.2, 0.25) is 0 Å². The van der Waals surface area contributed by atoms with Crippen molar-refractivity contribution in [2.75, 3.05) is 26.7 Å². The summed E-state index contributed by atoms with van der Waals surface area (Å²) in [5.41, 5.74) is 1.06. The smallest absolute Gasteiger partial charge is 0.195 e. The first kappa shape index (κ1) is 12.6. The van der Waals surface area contributed by atoms with Gasteiger partial charge in [-0.1, -0.05) is 0 Å². The molecule has 0 radical (unpaired) electrons. The lowest BCUT2D eigenvalue weighted by molar-refractivity contribution is 0.328. The van der Waals surface area contributed by atoms with E-state index in [0.29, 0.717) is 6.04 Å². The minimum atomic E-state index is 0.450. The minimum absolute atomic E-state index is 0.450. The first-order chi connectivity index (χ1) is 8.28. The molecule has 17 heavy (non-hydrogen) atoms.